The molecule has 0 radical (unpaired) electrons. The van der Waals surface area contributed by atoms with Crippen LogP contribution in [0, 0.1) is 5.92 Å². The number of rotatable bonds is 5. The molecule has 144 valence electrons. The Bertz CT molecular complexity index is 771. The Balaban J connectivity index is 1.65. The van der Waals surface area contributed by atoms with Crippen molar-refractivity contribution in [3.63, 3.8) is 0 Å². The molecular formula is C18H19F3N4O2. The van der Waals surface area contributed by atoms with Crippen LogP contribution in [0.4, 0.5) is 24.8 Å². The minimum Gasteiger partial charge on any atom is -0.482 e. The molecule has 1 aliphatic heterocycles. The molecule has 1 aromatic carbocycles. The Hall–Kier alpha value is -2.84. The summed E-state index contributed by atoms with van der Waals surface area (Å²) in [5.41, 5.74) is 0.222. The van der Waals surface area contributed by atoms with Gasteiger partial charge in [0.1, 0.15) is 5.75 Å². The van der Waals surface area contributed by atoms with E-state index in [1.807, 2.05) is 4.90 Å². The number of carbonyl (C=O) groups is 1. The van der Waals surface area contributed by atoms with E-state index in [2.05, 4.69) is 15.3 Å². The number of alkyl halides is 3. The number of benzene rings is 1. The van der Waals surface area contributed by atoms with Gasteiger partial charge in [-0.3, -0.25) is 4.79 Å². The highest BCUT2D eigenvalue weighted by Gasteiger charge is 2.30. The Morgan fingerprint density at radius 3 is 2.70 bits per heavy atom. The van der Waals surface area contributed by atoms with Crippen LogP contribution in [-0.4, -0.2) is 41.7 Å². The Morgan fingerprint density at radius 2 is 1.96 bits per heavy atom. The lowest BCUT2D eigenvalue weighted by atomic mass is 9.97. The summed E-state index contributed by atoms with van der Waals surface area (Å²) in [6.07, 6.45) is 0.306. The van der Waals surface area contributed by atoms with Gasteiger partial charge in [0.15, 0.2) is 6.61 Å². The van der Waals surface area contributed by atoms with Crippen LogP contribution < -0.4 is 15.0 Å². The van der Waals surface area contributed by atoms with Crippen molar-refractivity contribution >= 4 is 17.5 Å². The minimum atomic E-state index is -4.45. The van der Waals surface area contributed by atoms with Crippen molar-refractivity contribution in [1.29, 1.82) is 0 Å². The van der Waals surface area contributed by atoms with Crippen molar-refractivity contribution in [1.82, 2.24) is 9.97 Å². The third-order valence-electron chi connectivity index (χ3n) is 4.16. The predicted molar refractivity (Wildman–Crippen MR) is 93.6 cm³/mol. The van der Waals surface area contributed by atoms with Gasteiger partial charge in [0.25, 0.3) is 0 Å². The fraction of sp³-hybridized carbons (Fsp3) is 0.389. The van der Waals surface area contributed by atoms with E-state index in [-0.39, 0.29) is 23.3 Å². The average molecular weight is 380 g/mol. The molecule has 2 heterocycles. The molecule has 0 saturated carbocycles. The summed E-state index contributed by atoms with van der Waals surface area (Å²) in [7, 11) is 0. The number of para-hydroxylation sites is 2. The third kappa shape index (κ3) is 5.32. The van der Waals surface area contributed by atoms with Crippen LogP contribution >= 0.6 is 0 Å². The zero-order valence-electron chi connectivity index (χ0n) is 14.4. The molecule has 1 fully saturated rings. The van der Waals surface area contributed by atoms with Gasteiger partial charge in [0.2, 0.25) is 11.9 Å². The van der Waals surface area contributed by atoms with Crippen LogP contribution in [0.25, 0.3) is 0 Å². The maximum Gasteiger partial charge on any atom is 0.422 e. The molecule has 27 heavy (non-hydrogen) atoms. The second-order valence-electron chi connectivity index (χ2n) is 6.22. The first kappa shape index (κ1) is 18.9. The summed E-state index contributed by atoms with van der Waals surface area (Å²) >= 11 is 0. The number of nitrogens with one attached hydrogen (secondary N) is 1. The maximum absolute atomic E-state index is 12.6. The molecule has 0 spiro atoms. The quantitative estimate of drug-likeness (QED) is 0.862. The van der Waals surface area contributed by atoms with Crippen molar-refractivity contribution in [3.05, 3.63) is 42.7 Å². The van der Waals surface area contributed by atoms with E-state index in [4.69, 9.17) is 4.74 Å². The number of anilines is 2. The minimum absolute atomic E-state index is 0.0118. The topological polar surface area (TPSA) is 67.3 Å². The summed E-state index contributed by atoms with van der Waals surface area (Å²) in [5.74, 6) is -0.0388. The smallest absolute Gasteiger partial charge is 0.422 e. The molecule has 0 aliphatic carbocycles. The zero-order chi connectivity index (χ0) is 19.3. The van der Waals surface area contributed by atoms with Gasteiger partial charge >= 0.3 is 6.18 Å². The Morgan fingerprint density at radius 1 is 1.22 bits per heavy atom. The number of ether oxygens (including phenoxy) is 1. The normalized spacial score (nSPS) is 17.4. The molecule has 1 unspecified atom stereocenters. The molecule has 0 bridgehead atoms. The number of carbonyl (C=O) groups excluding carboxylic acids is 1. The summed E-state index contributed by atoms with van der Waals surface area (Å²) in [4.78, 5) is 23.0. The first-order valence-corrected chi connectivity index (χ1v) is 8.54. The monoisotopic (exact) mass is 380 g/mol. The molecule has 1 N–H and O–H groups in total. The van der Waals surface area contributed by atoms with E-state index in [1.165, 1.54) is 12.1 Å². The van der Waals surface area contributed by atoms with E-state index >= 15 is 0 Å². The van der Waals surface area contributed by atoms with Gasteiger partial charge in [-0.1, -0.05) is 12.1 Å². The summed E-state index contributed by atoms with van der Waals surface area (Å²) < 4.78 is 42.0. The van der Waals surface area contributed by atoms with E-state index in [0.29, 0.717) is 18.9 Å². The number of amides is 1. The number of hydrogen-bond donors (Lipinski definition) is 1. The van der Waals surface area contributed by atoms with Crippen molar-refractivity contribution in [2.24, 2.45) is 5.92 Å². The molecule has 1 atom stereocenters. The van der Waals surface area contributed by atoms with Crippen molar-refractivity contribution in [3.8, 4) is 5.75 Å². The summed E-state index contributed by atoms with van der Waals surface area (Å²) in [5, 5.41) is 2.69. The first-order valence-electron chi connectivity index (χ1n) is 8.54. The average Bonchev–Trinajstić information content (AvgIpc) is 2.67. The van der Waals surface area contributed by atoms with E-state index in [0.717, 1.165) is 13.0 Å². The van der Waals surface area contributed by atoms with E-state index in [1.54, 1.807) is 30.6 Å². The van der Waals surface area contributed by atoms with Crippen molar-refractivity contribution in [2.45, 2.75) is 19.0 Å². The lowest BCUT2D eigenvalue weighted by Crippen LogP contribution is -2.41. The van der Waals surface area contributed by atoms with Gasteiger partial charge in [-0.05, 0) is 31.0 Å². The zero-order valence-corrected chi connectivity index (χ0v) is 14.4. The molecule has 3 rings (SSSR count). The molecule has 1 amide bonds. The standard InChI is InChI=1S/C18H19F3N4O2/c19-18(20,21)12-27-15-7-2-1-6-14(15)24-16(26)13-5-3-10-25(11-13)17-22-8-4-9-23-17/h1-2,4,6-9,13H,3,5,10-12H2,(H,24,26). The van der Waals surface area contributed by atoms with Crippen LogP contribution in [0.3, 0.4) is 0 Å². The number of aromatic nitrogens is 2. The summed E-state index contributed by atoms with van der Waals surface area (Å²) in [6.45, 7) is -0.219. The summed E-state index contributed by atoms with van der Waals surface area (Å²) in [6, 6.07) is 7.81. The lowest BCUT2D eigenvalue weighted by molar-refractivity contribution is -0.153. The molecule has 1 aromatic heterocycles. The van der Waals surface area contributed by atoms with Gasteiger partial charge in [-0.25, -0.2) is 9.97 Å². The van der Waals surface area contributed by atoms with Crippen LogP contribution in [0.1, 0.15) is 12.8 Å². The highest BCUT2D eigenvalue weighted by Crippen LogP contribution is 2.28. The number of piperidine rings is 1. The Labute approximate surface area is 154 Å². The molecule has 1 saturated heterocycles. The SMILES string of the molecule is O=C(Nc1ccccc1OCC(F)(F)F)C1CCCN(c2ncccn2)C1. The van der Waals surface area contributed by atoms with E-state index in [9.17, 15) is 18.0 Å². The first-order chi connectivity index (χ1) is 12.9. The fourth-order valence-electron chi connectivity index (χ4n) is 2.92. The number of nitrogens with zero attached hydrogens (tertiary/aromatic N) is 3. The lowest BCUT2D eigenvalue weighted by Gasteiger charge is -2.32. The van der Waals surface area contributed by atoms with Crippen molar-refractivity contribution < 1.29 is 22.7 Å². The molecule has 9 heteroatoms. The van der Waals surface area contributed by atoms with Crippen LogP contribution in [0.2, 0.25) is 0 Å². The largest absolute Gasteiger partial charge is 0.482 e. The van der Waals surface area contributed by atoms with Crippen LogP contribution in [-0.2, 0) is 4.79 Å². The number of halogens is 3. The van der Waals surface area contributed by atoms with Gasteiger partial charge < -0.3 is 15.0 Å². The third-order valence-corrected chi connectivity index (χ3v) is 4.16. The highest BCUT2D eigenvalue weighted by atomic mass is 19.4. The molecule has 1 aliphatic rings. The second kappa shape index (κ2) is 8.24. The number of hydrogen-bond acceptors (Lipinski definition) is 5. The molecule has 6 nitrogen and oxygen atoms in total. The van der Waals surface area contributed by atoms with Crippen LogP contribution in [0.5, 0.6) is 5.75 Å². The van der Waals surface area contributed by atoms with Gasteiger partial charge in [-0.2, -0.15) is 13.2 Å². The van der Waals surface area contributed by atoms with Gasteiger partial charge in [0, 0.05) is 25.5 Å². The Kier molecular flexibility index (Phi) is 5.78. The second-order valence-corrected chi connectivity index (χ2v) is 6.22. The van der Waals surface area contributed by atoms with Crippen LogP contribution in [0.15, 0.2) is 42.7 Å². The van der Waals surface area contributed by atoms with Gasteiger partial charge in [-0.15, -0.1) is 0 Å². The van der Waals surface area contributed by atoms with E-state index < -0.39 is 12.8 Å². The molecular weight excluding hydrogens is 361 g/mol. The molecule has 2 aromatic rings. The highest BCUT2D eigenvalue weighted by molar-refractivity contribution is 5.94. The maximum atomic E-state index is 12.6. The predicted octanol–water partition coefficient (Wildman–Crippen LogP) is 3.27. The van der Waals surface area contributed by atoms with Gasteiger partial charge in [0.05, 0.1) is 11.6 Å². The fourth-order valence-corrected chi connectivity index (χ4v) is 2.92. The van der Waals surface area contributed by atoms with Crippen molar-refractivity contribution in [2.75, 3.05) is 29.9 Å².